The summed E-state index contributed by atoms with van der Waals surface area (Å²) in [5.41, 5.74) is 0. The van der Waals surface area contributed by atoms with E-state index in [0.717, 1.165) is 0 Å². The molecule has 5 heteroatoms. The third-order valence-electron chi connectivity index (χ3n) is 2.06. The first-order valence-corrected chi connectivity index (χ1v) is 4.55. The molecule has 0 aliphatic carbocycles. The van der Waals surface area contributed by atoms with E-state index in [4.69, 9.17) is 5.11 Å². The van der Waals surface area contributed by atoms with Crippen molar-refractivity contribution in [2.75, 3.05) is 33.7 Å². The maximum Gasteiger partial charge on any atom is 0.304 e. The second-order valence-corrected chi connectivity index (χ2v) is 3.39. The largest absolute Gasteiger partial charge is 0.481 e. The number of carbonyl (C=O) groups excluding carboxylic acids is 1. The van der Waals surface area contributed by atoms with Crippen molar-refractivity contribution in [3.63, 3.8) is 0 Å². The third-order valence-corrected chi connectivity index (χ3v) is 2.06. The summed E-state index contributed by atoms with van der Waals surface area (Å²) in [6, 6.07) is 0. The number of hydrogen-bond donors (Lipinski definition) is 1. The summed E-state index contributed by atoms with van der Waals surface area (Å²) < 4.78 is 0. The molecule has 0 heterocycles. The fraction of sp³-hybridized carbons (Fsp3) is 0.778. The first-order chi connectivity index (χ1) is 6.43. The van der Waals surface area contributed by atoms with Crippen LogP contribution in [0.15, 0.2) is 0 Å². The molecule has 82 valence electrons. The Morgan fingerprint density at radius 3 is 2.14 bits per heavy atom. The molecule has 0 bridgehead atoms. The van der Waals surface area contributed by atoms with Gasteiger partial charge < -0.3 is 14.9 Å². The van der Waals surface area contributed by atoms with E-state index in [1.54, 1.807) is 11.9 Å². The Kier molecular flexibility index (Phi) is 5.87. The molecule has 0 aromatic carbocycles. The van der Waals surface area contributed by atoms with Crippen LogP contribution >= 0.6 is 0 Å². The topological polar surface area (TPSA) is 60.9 Å². The molecule has 14 heavy (non-hydrogen) atoms. The van der Waals surface area contributed by atoms with E-state index in [1.807, 2.05) is 11.9 Å². The zero-order valence-electron chi connectivity index (χ0n) is 8.99. The number of likely N-dealkylation sites (N-methyl/N-ethyl adjacent to an activating group) is 2. The predicted molar refractivity (Wildman–Crippen MR) is 53.1 cm³/mol. The first-order valence-electron chi connectivity index (χ1n) is 4.55. The van der Waals surface area contributed by atoms with Gasteiger partial charge in [-0.3, -0.25) is 9.59 Å². The highest BCUT2D eigenvalue weighted by Crippen LogP contribution is 1.90. The van der Waals surface area contributed by atoms with Gasteiger partial charge in [0.25, 0.3) is 0 Å². The summed E-state index contributed by atoms with van der Waals surface area (Å²) in [4.78, 5) is 24.6. The SMILES string of the molecule is CC(=O)N(C)CCN(C)CCC(=O)O. The summed E-state index contributed by atoms with van der Waals surface area (Å²) in [5, 5.41) is 8.44. The Morgan fingerprint density at radius 2 is 1.71 bits per heavy atom. The molecule has 5 nitrogen and oxygen atoms in total. The van der Waals surface area contributed by atoms with Crippen LogP contribution in [-0.2, 0) is 9.59 Å². The average Bonchev–Trinajstić information content (AvgIpc) is 2.10. The molecule has 0 radical (unpaired) electrons. The van der Waals surface area contributed by atoms with Crippen molar-refractivity contribution in [1.29, 1.82) is 0 Å². The number of carbonyl (C=O) groups is 2. The van der Waals surface area contributed by atoms with Gasteiger partial charge in [-0.2, -0.15) is 0 Å². The van der Waals surface area contributed by atoms with Gasteiger partial charge in [-0.05, 0) is 7.05 Å². The second-order valence-electron chi connectivity index (χ2n) is 3.39. The Bertz CT molecular complexity index is 206. The summed E-state index contributed by atoms with van der Waals surface area (Å²) in [7, 11) is 3.57. The van der Waals surface area contributed by atoms with E-state index in [-0.39, 0.29) is 12.3 Å². The molecule has 0 saturated heterocycles. The number of aliphatic carboxylic acids is 1. The van der Waals surface area contributed by atoms with Gasteiger partial charge in [0.2, 0.25) is 5.91 Å². The molecule has 1 N–H and O–H groups in total. The summed E-state index contributed by atoms with van der Waals surface area (Å²) in [5.74, 6) is -0.770. The summed E-state index contributed by atoms with van der Waals surface area (Å²) in [6.07, 6.45) is 0.139. The highest BCUT2D eigenvalue weighted by Gasteiger charge is 2.05. The number of hydrogen-bond acceptors (Lipinski definition) is 3. The van der Waals surface area contributed by atoms with Gasteiger partial charge in [-0.15, -0.1) is 0 Å². The minimum absolute atomic E-state index is 0.0247. The van der Waals surface area contributed by atoms with Crippen molar-refractivity contribution in [1.82, 2.24) is 9.80 Å². The van der Waals surface area contributed by atoms with Crippen LogP contribution in [0.4, 0.5) is 0 Å². The van der Waals surface area contributed by atoms with Gasteiger partial charge in [-0.1, -0.05) is 0 Å². The maximum atomic E-state index is 10.8. The predicted octanol–water partition coefficient (Wildman–Crippen LogP) is -0.129. The average molecular weight is 202 g/mol. The fourth-order valence-electron chi connectivity index (χ4n) is 0.876. The van der Waals surface area contributed by atoms with Crippen LogP contribution in [-0.4, -0.2) is 60.5 Å². The van der Waals surface area contributed by atoms with Crippen molar-refractivity contribution in [2.24, 2.45) is 0 Å². The number of nitrogens with zero attached hydrogens (tertiary/aromatic N) is 2. The molecule has 0 spiro atoms. The molecule has 0 aliphatic rings. The van der Waals surface area contributed by atoms with Crippen LogP contribution < -0.4 is 0 Å². The molecule has 0 unspecified atom stereocenters. The van der Waals surface area contributed by atoms with Gasteiger partial charge in [-0.25, -0.2) is 0 Å². The number of amides is 1. The van der Waals surface area contributed by atoms with Gasteiger partial charge in [0, 0.05) is 33.6 Å². The van der Waals surface area contributed by atoms with Crippen molar-refractivity contribution in [2.45, 2.75) is 13.3 Å². The zero-order valence-corrected chi connectivity index (χ0v) is 8.99. The van der Waals surface area contributed by atoms with E-state index in [0.29, 0.717) is 19.6 Å². The normalized spacial score (nSPS) is 10.3. The van der Waals surface area contributed by atoms with E-state index in [1.165, 1.54) is 6.92 Å². The Hall–Kier alpha value is -1.10. The summed E-state index contributed by atoms with van der Waals surface area (Å²) >= 11 is 0. The van der Waals surface area contributed by atoms with Crippen LogP contribution in [0.3, 0.4) is 0 Å². The Morgan fingerprint density at radius 1 is 1.14 bits per heavy atom. The monoisotopic (exact) mass is 202 g/mol. The van der Waals surface area contributed by atoms with Crippen molar-refractivity contribution in [3.8, 4) is 0 Å². The minimum Gasteiger partial charge on any atom is -0.481 e. The van der Waals surface area contributed by atoms with E-state index in [2.05, 4.69) is 0 Å². The number of carboxylic acids is 1. The van der Waals surface area contributed by atoms with Crippen LogP contribution in [0.2, 0.25) is 0 Å². The third kappa shape index (κ3) is 6.42. The van der Waals surface area contributed by atoms with Crippen molar-refractivity contribution in [3.05, 3.63) is 0 Å². The van der Waals surface area contributed by atoms with Gasteiger partial charge in [0.1, 0.15) is 0 Å². The molecule has 0 aromatic rings. The number of rotatable bonds is 6. The molecular formula is C9H18N2O3. The number of carboxylic acid groups (broad SMARTS) is 1. The highest BCUT2D eigenvalue weighted by atomic mass is 16.4. The molecule has 0 aliphatic heterocycles. The molecule has 1 amide bonds. The molecular weight excluding hydrogens is 184 g/mol. The lowest BCUT2D eigenvalue weighted by Crippen LogP contribution is -2.34. The minimum atomic E-state index is -0.795. The lowest BCUT2D eigenvalue weighted by Gasteiger charge is -2.20. The summed E-state index contributed by atoms with van der Waals surface area (Å²) in [6.45, 7) is 3.35. The van der Waals surface area contributed by atoms with Crippen molar-refractivity contribution >= 4 is 11.9 Å². The standard InChI is InChI=1S/C9H18N2O3/c1-8(12)11(3)7-6-10(2)5-4-9(13)14/h4-7H2,1-3H3,(H,13,14). The second kappa shape index (κ2) is 6.37. The van der Waals surface area contributed by atoms with Gasteiger partial charge in [0.05, 0.1) is 6.42 Å². The molecule has 0 aromatic heterocycles. The Balaban J connectivity index is 3.58. The fourth-order valence-corrected chi connectivity index (χ4v) is 0.876. The lowest BCUT2D eigenvalue weighted by atomic mass is 10.4. The smallest absolute Gasteiger partial charge is 0.304 e. The van der Waals surface area contributed by atoms with Gasteiger partial charge in [0.15, 0.2) is 0 Å². The van der Waals surface area contributed by atoms with E-state index in [9.17, 15) is 9.59 Å². The molecule has 0 fully saturated rings. The first kappa shape index (κ1) is 12.9. The highest BCUT2D eigenvalue weighted by molar-refractivity contribution is 5.72. The van der Waals surface area contributed by atoms with Crippen LogP contribution in [0.5, 0.6) is 0 Å². The van der Waals surface area contributed by atoms with Gasteiger partial charge >= 0.3 is 5.97 Å². The van der Waals surface area contributed by atoms with Crippen molar-refractivity contribution < 1.29 is 14.7 Å². The molecule has 0 atom stereocenters. The van der Waals surface area contributed by atoms with E-state index < -0.39 is 5.97 Å². The van der Waals surface area contributed by atoms with Crippen LogP contribution in [0, 0.1) is 0 Å². The maximum absolute atomic E-state index is 10.8. The Labute approximate surface area is 84.3 Å². The zero-order chi connectivity index (χ0) is 11.1. The van der Waals surface area contributed by atoms with Crippen LogP contribution in [0.25, 0.3) is 0 Å². The van der Waals surface area contributed by atoms with Crippen LogP contribution in [0.1, 0.15) is 13.3 Å². The van der Waals surface area contributed by atoms with E-state index >= 15 is 0 Å². The lowest BCUT2D eigenvalue weighted by molar-refractivity contribution is -0.137. The molecule has 0 rings (SSSR count). The quantitative estimate of drug-likeness (QED) is 0.652. The molecule has 0 saturated carbocycles.